The van der Waals surface area contributed by atoms with Gasteiger partial charge in [-0.3, -0.25) is 4.79 Å². The Bertz CT molecular complexity index is 411. The molecule has 0 radical (unpaired) electrons. The van der Waals surface area contributed by atoms with Crippen molar-refractivity contribution < 1.29 is 9.53 Å². The van der Waals surface area contributed by atoms with E-state index in [1.54, 1.807) is 11.3 Å². The fourth-order valence-corrected chi connectivity index (χ4v) is 3.00. The quantitative estimate of drug-likeness (QED) is 0.910. The topological polar surface area (TPSA) is 55.6 Å². The highest BCUT2D eigenvalue weighted by Crippen LogP contribution is 2.27. The SMILES string of the molecule is CCCCc1cc(C(=O)N2CCOCC2)c(N)s1. The molecule has 1 aromatic heterocycles. The highest BCUT2D eigenvalue weighted by molar-refractivity contribution is 7.16. The molecule has 0 bridgehead atoms. The van der Waals surface area contributed by atoms with Crippen LogP contribution in [0.2, 0.25) is 0 Å². The van der Waals surface area contributed by atoms with Gasteiger partial charge in [0.15, 0.2) is 0 Å². The number of amides is 1. The minimum atomic E-state index is 0.0507. The third kappa shape index (κ3) is 3.03. The molecule has 1 saturated heterocycles. The van der Waals surface area contributed by atoms with Crippen molar-refractivity contribution in [2.75, 3.05) is 32.0 Å². The van der Waals surface area contributed by atoms with Crippen LogP contribution in [-0.4, -0.2) is 37.1 Å². The van der Waals surface area contributed by atoms with E-state index in [0.29, 0.717) is 36.9 Å². The number of anilines is 1. The number of unbranched alkanes of at least 4 members (excludes halogenated alkanes) is 1. The van der Waals surface area contributed by atoms with Gasteiger partial charge in [-0.15, -0.1) is 11.3 Å². The first-order valence-electron chi connectivity index (χ1n) is 6.47. The first-order chi connectivity index (χ1) is 8.72. The van der Waals surface area contributed by atoms with Crippen LogP contribution in [0, 0.1) is 0 Å². The molecule has 1 amide bonds. The van der Waals surface area contributed by atoms with Gasteiger partial charge in [-0.05, 0) is 18.9 Å². The predicted molar refractivity (Wildman–Crippen MR) is 74.1 cm³/mol. The molecule has 0 aromatic carbocycles. The highest BCUT2D eigenvalue weighted by atomic mass is 32.1. The summed E-state index contributed by atoms with van der Waals surface area (Å²) in [6, 6.07) is 1.97. The average molecular weight is 268 g/mol. The van der Waals surface area contributed by atoms with E-state index >= 15 is 0 Å². The summed E-state index contributed by atoms with van der Waals surface area (Å²) in [6.07, 6.45) is 3.32. The van der Waals surface area contributed by atoms with E-state index in [2.05, 4.69) is 6.92 Å². The molecule has 4 nitrogen and oxygen atoms in total. The third-order valence-electron chi connectivity index (χ3n) is 3.12. The molecule has 18 heavy (non-hydrogen) atoms. The van der Waals surface area contributed by atoms with E-state index in [0.717, 1.165) is 19.3 Å². The second-order valence-electron chi connectivity index (χ2n) is 4.50. The summed E-state index contributed by atoms with van der Waals surface area (Å²) in [5.41, 5.74) is 6.63. The smallest absolute Gasteiger partial charge is 0.257 e. The predicted octanol–water partition coefficient (Wildman–Crippen LogP) is 2.15. The van der Waals surface area contributed by atoms with E-state index < -0.39 is 0 Å². The Morgan fingerprint density at radius 3 is 2.89 bits per heavy atom. The van der Waals surface area contributed by atoms with Gasteiger partial charge in [-0.2, -0.15) is 0 Å². The van der Waals surface area contributed by atoms with E-state index in [-0.39, 0.29) is 5.91 Å². The van der Waals surface area contributed by atoms with Crippen LogP contribution in [0.1, 0.15) is 35.0 Å². The lowest BCUT2D eigenvalue weighted by Gasteiger charge is -2.26. The van der Waals surface area contributed by atoms with Crippen LogP contribution in [0.3, 0.4) is 0 Å². The number of nitrogens with zero attached hydrogens (tertiary/aromatic N) is 1. The third-order valence-corrected chi connectivity index (χ3v) is 4.14. The van der Waals surface area contributed by atoms with Crippen LogP contribution in [0.15, 0.2) is 6.07 Å². The summed E-state index contributed by atoms with van der Waals surface area (Å²) in [5.74, 6) is 0.0507. The van der Waals surface area contributed by atoms with E-state index in [9.17, 15) is 4.79 Å². The molecule has 1 aromatic rings. The van der Waals surface area contributed by atoms with Crippen molar-refractivity contribution in [3.63, 3.8) is 0 Å². The number of aryl methyl sites for hydroxylation is 1. The van der Waals surface area contributed by atoms with Crippen molar-refractivity contribution in [3.8, 4) is 0 Å². The zero-order chi connectivity index (χ0) is 13.0. The van der Waals surface area contributed by atoms with Crippen LogP contribution in [0.25, 0.3) is 0 Å². The molecular formula is C13H20N2O2S. The number of ether oxygens (including phenoxy) is 1. The average Bonchev–Trinajstić information content (AvgIpc) is 2.78. The zero-order valence-electron chi connectivity index (χ0n) is 10.8. The number of rotatable bonds is 4. The molecule has 0 atom stereocenters. The Labute approximate surface area is 112 Å². The number of carbonyl (C=O) groups excluding carboxylic acids is 1. The fourth-order valence-electron chi connectivity index (χ4n) is 2.04. The number of hydrogen-bond acceptors (Lipinski definition) is 4. The van der Waals surface area contributed by atoms with Gasteiger partial charge in [0.05, 0.1) is 23.8 Å². The molecule has 1 aliphatic heterocycles. The van der Waals surface area contributed by atoms with Crippen LogP contribution in [0.4, 0.5) is 5.00 Å². The van der Waals surface area contributed by atoms with Gasteiger partial charge in [-0.1, -0.05) is 13.3 Å². The van der Waals surface area contributed by atoms with Crippen LogP contribution < -0.4 is 5.73 Å². The second-order valence-corrected chi connectivity index (χ2v) is 5.67. The lowest BCUT2D eigenvalue weighted by atomic mass is 10.2. The molecule has 0 aliphatic carbocycles. The van der Waals surface area contributed by atoms with Crippen LogP contribution >= 0.6 is 11.3 Å². The van der Waals surface area contributed by atoms with Gasteiger partial charge in [0, 0.05) is 18.0 Å². The number of hydrogen-bond donors (Lipinski definition) is 1. The van der Waals surface area contributed by atoms with E-state index in [1.165, 1.54) is 4.88 Å². The molecule has 2 heterocycles. The van der Waals surface area contributed by atoms with Crippen molar-refractivity contribution in [3.05, 3.63) is 16.5 Å². The number of thiophene rings is 1. The van der Waals surface area contributed by atoms with E-state index in [4.69, 9.17) is 10.5 Å². The molecule has 0 spiro atoms. The number of nitrogen functional groups attached to an aromatic ring is 1. The molecule has 0 unspecified atom stereocenters. The summed E-state index contributed by atoms with van der Waals surface area (Å²) >= 11 is 1.55. The molecule has 2 rings (SSSR count). The maximum atomic E-state index is 12.3. The van der Waals surface area contributed by atoms with Crippen LogP contribution in [0.5, 0.6) is 0 Å². The summed E-state index contributed by atoms with van der Waals surface area (Å²) in [7, 11) is 0. The summed E-state index contributed by atoms with van der Waals surface area (Å²) < 4.78 is 5.25. The Morgan fingerprint density at radius 1 is 1.50 bits per heavy atom. The zero-order valence-corrected chi connectivity index (χ0v) is 11.6. The van der Waals surface area contributed by atoms with Gasteiger partial charge in [0.25, 0.3) is 5.91 Å². The normalized spacial score (nSPS) is 15.9. The summed E-state index contributed by atoms with van der Waals surface area (Å²) in [4.78, 5) is 15.3. The molecule has 0 saturated carbocycles. The lowest BCUT2D eigenvalue weighted by Crippen LogP contribution is -2.40. The number of nitrogens with two attached hydrogens (primary N) is 1. The number of morpholine rings is 1. The Kier molecular flexibility index (Phi) is 4.60. The minimum Gasteiger partial charge on any atom is -0.390 e. The highest BCUT2D eigenvalue weighted by Gasteiger charge is 2.22. The second kappa shape index (κ2) is 6.20. The van der Waals surface area contributed by atoms with Crippen molar-refractivity contribution >= 4 is 22.2 Å². The molecule has 100 valence electrons. The maximum Gasteiger partial charge on any atom is 0.257 e. The molecule has 1 fully saturated rings. The van der Waals surface area contributed by atoms with E-state index in [1.807, 2.05) is 11.0 Å². The minimum absolute atomic E-state index is 0.0507. The van der Waals surface area contributed by atoms with Gasteiger partial charge in [0.1, 0.15) is 0 Å². The van der Waals surface area contributed by atoms with Gasteiger partial charge in [-0.25, -0.2) is 0 Å². The van der Waals surface area contributed by atoms with Crippen LogP contribution in [-0.2, 0) is 11.2 Å². The van der Waals surface area contributed by atoms with Gasteiger partial charge < -0.3 is 15.4 Å². The first-order valence-corrected chi connectivity index (χ1v) is 7.29. The molecular weight excluding hydrogens is 248 g/mol. The van der Waals surface area contributed by atoms with Gasteiger partial charge in [0.2, 0.25) is 0 Å². The number of carbonyl (C=O) groups is 1. The Hall–Kier alpha value is -1.07. The molecule has 5 heteroatoms. The van der Waals surface area contributed by atoms with Gasteiger partial charge >= 0.3 is 0 Å². The van der Waals surface area contributed by atoms with Crippen molar-refractivity contribution in [1.82, 2.24) is 4.90 Å². The summed E-state index contributed by atoms with van der Waals surface area (Å²) in [6.45, 7) is 4.74. The van der Waals surface area contributed by atoms with Crippen molar-refractivity contribution in [2.24, 2.45) is 0 Å². The maximum absolute atomic E-state index is 12.3. The Balaban J connectivity index is 2.06. The molecule has 2 N–H and O–H groups in total. The largest absolute Gasteiger partial charge is 0.390 e. The monoisotopic (exact) mass is 268 g/mol. The van der Waals surface area contributed by atoms with Crippen molar-refractivity contribution in [2.45, 2.75) is 26.2 Å². The molecule has 1 aliphatic rings. The lowest BCUT2D eigenvalue weighted by molar-refractivity contribution is 0.0304. The Morgan fingerprint density at radius 2 is 2.22 bits per heavy atom. The first kappa shape index (κ1) is 13.4. The summed E-state index contributed by atoms with van der Waals surface area (Å²) in [5, 5.41) is 0.651. The van der Waals surface area contributed by atoms with Crippen molar-refractivity contribution in [1.29, 1.82) is 0 Å². The fraction of sp³-hybridized carbons (Fsp3) is 0.615. The standard InChI is InChI=1S/C13H20N2O2S/c1-2-3-4-10-9-11(12(14)18-10)13(16)15-5-7-17-8-6-15/h9H,2-8,14H2,1H3.